The van der Waals surface area contributed by atoms with Crippen LogP contribution in [0.2, 0.25) is 5.02 Å². The zero-order valence-electron chi connectivity index (χ0n) is 11.4. The highest BCUT2D eigenvalue weighted by atomic mass is 35.5. The molecule has 112 valence electrons. The van der Waals surface area contributed by atoms with Gasteiger partial charge in [-0.25, -0.2) is 13.1 Å². The molecule has 0 saturated heterocycles. The van der Waals surface area contributed by atoms with E-state index in [2.05, 4.69) is 4.72 Å². The van der Waals surface area contributed by atoms with E-state index in [-0.39, 0.29) is 10.6 Å². The molecule has 3 N–H and O–H groups in total. The first kappa shape index (κ1) is 15.8. The molecule has 0 heterocycles. The molecule has 0 aromatic heterocycles. The van der Waals surface area contributed by atoms with E-state index >= 15 is 0 Å². The molecule has 0 amide bonds. The molecule has 0 aliphatic heterocycles. The lowest BCUT2D eigenvalue weighted by atomic mass is 10.1. The summed E-state index contributed by atoms with van der Waals surface area (Å²) in [6.45, 7) is 0.350. The fourth-order valence-electron chi connectivity index (χ4n) is 1.96. The second kappa shape index (κ2) is 6.93. The fraction of sp³-hybridized carbons (Fsp3) is 0.200. The summed E-state index contributed by atoms with van der Waals surface area (Å²) >= 11 is 5.82. The highest BCUT2D eigenvalue weighted by molar-refractivity contribution is 7.89. The number of nitrogens with two attached hydrogens (primary N) is 1. The molecule has 0 atom stereocenters. The highest BCUT2D eigenvalue weighted by Gasteiger charge is 2.17. The van der Waals surface area contributed by atoms with E-state index in [1.165, 1.54) is 17.7 Å². The van der Waals surface area contributed by atoms with E-state index in [0.717, 1.165) is 6.42 Å². The first-order valence-electron chi connectivity index (χ1n) is 6.58. The second-order valence-electron chi connectivity index (χ2n) is 4.67. The average molecular weight is 325 g/mol. The molecule has 0 aliphatic carbocycles. The van der Waals surface area contributed by atoms with Crippen LogP contribution in [0.15, 0.2) is 53.4 Å². The van der Waals surface area contributed by atoms with Crippen molar-refractivity contribution in [1.82, 2.24) is 4.72 Å². The van der Waals surface area contributed by atoms with Crippen LogP contribution < -0.4 is 10.5 Å². The zero-order valence-corrected chi connectivity index (χ0v) is 13.0. The van der Waals surface area contributed by atoms with E-state index in [1.54, 1.807) is 6.07 Å². The van der Waals surface area contributed by atoms with E-state index in [9.17, 15) is 8.42 Å². The maximum absolute atomic E-state index is 12.2. The Kier molecular flexibility index (Phi) is 5.22. The van der Waals surface area contributed by atoms with Crippen molar-refractivity contribution >= 4 is 27.3 Å². The Morgan fingerprint density at radius 1 is 1.10 bits per heavy atom. The maximum atomic E-state index is 12.2. The van der Waals surface area contributed by atoms with Gasteiger partial charge in [-0.3, -0.25) is 0 Å². The zero-order chi connectivity index (χ0) is 15.3. The Hall–Kier alpha value is -1.56. The van der Waals surface area contributed by atoms with Crippen molar-refractivity contribution in [3.63, 3.8) is 0 Å². The van der Waals surface area contributed by atoms with Crippen LogP contribution in [-0.2, 0) is 16.4 Å². The lowest BCUT2D eigenvalue weighted by Gasteiger charge is -2.09. The molecule has 0 bridgehead atoms. The quantitative estimate of drug-likeness (QED) is 0.634. The standard InChI is InChI=1S/C15H17ClN2O2S/c16-13-8-9-14(17)15(11-13)21(19,20)18-10-4-7-12-5-2-1-3-6-12/h1-3,5-6,8-9,11,18H,4,7,10,17H2. The Balaban J connectivity index is 1.94. The van der Waals surface area contributed by atoms with Crippen molar-refractivity contribution in [3.8, 4) is 0 Å². The van der Waals surface area contributed by atoms with Crippen LogP contribution in [0.1, 0.15) is 12.0 Å². The number of hydrogen-bond donors (Lipinski definition) is 2. The first-order chi connectivity index (χ1) is 9.99. The number of anilines is 1. The van der Waals surface area contributed by atoms with Crippen LogP contribution in [0.25, 0.3) is 0 Å². The van der Waals surface area contributed by atoms with Crippen LogP contribution >= 0.6 is 11.6 Å². The fourth-order valence-corrected chi connectivity index (χ4v) is 3.43. The highest BCUT2D eigenvalue weighted by Crippen LogP contribution is 2.22. The largest absolute Gasteiger partial charge is 0.398 e. The molecule has 0 saturated carbocycles. The van der Waals surface area contributed by atoms with Gasteiger partial charge in [-0.05, 0) is 36.6 Å². The smallest absolute Gasteiger partial charge is 0.242 e. The van der Waals surface area contributed by atoms with Gasteiger partial charge >= 0.3 is 0 Å². The van der Waals surface area contributed by atoms with Crippen LogP contribution in [0.4, 0.5) is 5.69 Å². The summed E-state index contributed by atoms with van der Waals surface area (Å²) in [5.41, 5.74) is 7.06. The van der Waals surface area contributed by atoms with Gasteiger partial charge in [0.05, 0.1) is 5.69 Å². The van der Waals surface area contributed by atoms with Gasteiger partial charge in [0.2, 0.25) is 10.0 Å². The molecule has 0 fully saturated rings. The lowest BCUT2D eigenvalue weighted by Crippen LogP contribution is -2.26. The molecule has 0 radical (unpaired) electrons. The molecule has 2 aromatic carbocycles. The topological polar surface area (TPSA) is 72.2 Å². The van der Waals surface area contributed by atoms with E-state index in [4.69, 9.17) is 17.3 Å². The molecule has 21 heavy (non-hydrogen) atoms. The minimum atomic E-state index is -3.63. The molecular weight excluding hydrogens is 308 g/mol. The average Bonchev–Trinajstić information content (AvgIpc) is 2.47. The van der Waals surface area contributed by atoms with Crippen LogP contribution in [0.3, 0.4) is 0 Å². The molecule has 4 nitrogen and oxygen atoms in total. The summed E-state index contributed by atoms with van der Waals surface area (Å²) in [6.07, 6.45) is 1.53. The third-order valence-corrected chi connectivity index (χ3v) is 4.79. The van der Waals surface area contributed by atoms with E-state index in [0.29, 0.717) is 18.0 Å². The molecule has 2 rings (SSSR count). The SMILES string of the molecule is Nc1ccc(Cl)cc1S(=O)(=O)NCCCc1ccccc1. The van der Waals surface area contributed by atoms with Crippen LogP contribution in [-0.4, -0.2) is 15.0 Å². The number of sulfonamides is 1. The summed E-state index contributed by atoms with van der Waals surface area (Å²) in [5, 5.41) is 0.342. The van der Waals surface area contributed by atoms with Crippen molar-refractivity contribution in [3.05, 3.63) is 59.1 Å². The maximum Gasteiger partial charge on any atom is 0.242 e. The number of benzene rings is 2. The number of hydrogen-bond acceptors (Lipinski definition) is 3. The number of halogens is 1. The Labute approximate surface area is 130 Å². The molecule has 0 unspecified atom stereocenters. The van der Waals surface area contributed by atoms with Gasteiger partial charge in [-0.2, -0.15) is 0 Å². The second-order valence-corrected chi connectivity index (χ2v) is 6.84. The summed E-state index contributed by atoms with van der Waals surface area (Å²) in [7, 11) is -3.63. The number of rotatable bonds is 6. The summed E-state index contributed by atoms with van der Waals surface area (Å²) in [5.74, 6) is 0. The van der Waals surface area contributed by atoms with Gasteiger partial charge < -0.3 is 5.73 Å². The van der Waals surface area contributed by atoms with Gasteiger partial charge in [0.1, 0.15) is 4.90 Å². The van der Waals surface area contributed by atoms with Crippen molar-refractivity contribution in [2.45, 2.75) is 17.7 Å². The van der Waals surface area contributed by atoms with E-state index < -0.39 is 10.0 Å². The molecule has 2 aromatic rings. The lowest BCUT2D eigenvalue weighted by molar-refractivity contribution is 0.579. The van der Waals surface area contributed by atoms with Crippen molar-refractivity contribution < 1.29 is 8.42 Å². The van der Waals surface area contributed by atoms with Gasteiger partial charge in [0.25, 0.3) is 0 Å². The predicted molar refractivity (Wildman–Crippen MR) is 85.8 cm³/mol. The van der Waals surface area contributed by atoms with Crippen molar-refractivity contribution in [1.29, 1.82) is 0 Å². The summed E-state index contributed by atoms with van der Waals surface area (Å²) in [6, 6.07) is 14.3. The van der Waals surface area contributed by atoms with Gasteiger partial charge in [0.15, 0.2) is 0 Å². The van der Waals surface area contributed by atoms with Gasteiger partial charge in [-0.1, -0.05) is 41.9 Å². The minimum absolute atomic E-state index is 0.0229. The van der Waals surface area contributed by atoms with Crippen LogP contribution in [0.5, 0.6) is 0 Å². The van der Waals surface area contributed by atoms with Gasteiger partial charge in [-0.15, -0.1) is 0 Å². The molecule has 0 aliphatic rings. The van der Waals surface area contributed by atoms with E-state index in [1.807, 2.05) is 30.3 Å². The monoisotopic (exact) mass is 324 g/mol. The first-order valence-corrected chi connectivity index (χ1v) is 8.44. The Morgan fingerprint density at radius 2 is 1.81 bits per heavy atom. The number of nitrogen functional groups attached to an aromatic ring is 1. The van der Waals surface area contributed by atoms with Crippen molar-refractivity contribution in [2.24, 2.45) is 0 Å². The normalized spacial score (nSPS) is 11.5. The Morgan fingerprint density at radius 3 is 2.52 bits per heavy atom. The van der Waals surface area contributed by atoms with Crippen molar-refractivity contribution in [2.75, 3.05) is 12.3 Å². The molecule has 0 spiro atoms. The molecule has 6 heteroatoms. The summed E-state index contributed by atoms with van der Waals surface area (Å²) < 4.78 is 26.9. The van der Waals surface area contributed by atoms with Crippen LogP contribution in [0, 0.1) is 0 Å². The third kappa shape index (κ3) is 4.46. The number of aryl methyl sites for hydroxylation is 1. The number of nitrogens with one attached hydrogen (secondary N) is 1. The Bertz CT molecular complexity index is 703. The third-order valence-electron chi connectivity index (χ3n) is 3.04. The predicted octanol–water partition coefficient (Wildman–Crippen LogP) is 2.83. The molecular formula is C15H17ClN2O2S. The summed E-state index contributed by atoms with van der Waals surface area (Å²) in [4.78, 5) is 0.0229. The van der Waals surface area contributed by atoms with Gasteiger partial charge in [0, 0.05) is 11.6 Å². The minimum Gasteiger partial charge on any atom is -0.398 e.